The zero-order valence-corrected chi connectivity index (χ0v) is 12.9. The molecule has 0 amide bonds. The lowest BCUT2D eigenvalue weighted by molar-refractivity contribution is -0.0163. The number of nitrogens with one attached hydrogen (secondary N) is 1. The van der Waals surface area contributed by atoms with Crippen LogP contribution < -0.4 is 5.32 Å². The summed E-state index contributed by atoms with van der Waals surface area (Å²) in [5.74, 6) is 1.44. The number of nitrogens with zero attached hydrogens (tertiary/aromatic N) is 4. The highest BCUT2D eigenvalue weighted by molar-refractivity contribution is 4.91. The number of aromatic nitrogens is 4. The third-order valence-electron chi connectivity index (χ3n) is 4.19. The van der Waals surface area contributed by atoms with Crippen LogP contribution >= 0.6 is 0 Å². The Balaban J connectivity index is 2.03. The van der Waals surface area contributed by atoms with Crippen molar-refractivity contribution in [1.82, 2.24) is 25.5 Å². The average Bonchev–Trinajstić information content (AvgIpc) is 2.89. The first-order valence-electron chi connectivity index (χ1n) is 7.76. The van der Waals surface area contributed by atoms with Crippen molar-refractivity contribution in [1.29, 1.82) is 0 Å². The minimum atomic E-state index is 0.245. The molecule has 114 valence electrons. The third-order valence-corrected chi connectivity index (χ3v) is 4.19. The van der Waals surface area contributed by atoms with E-state index in [1.165, 1.54) is 36.9 Å². The average molecular weight is 281 g/mol. The molecule has 1 heterocycles. The lowest BCUT2D eigenvalue weighted by Crippen LogP contribution is -2.46. The van der Waals surface area contributed by atoms with Crippen LogP contribution in [0.3, 0.4) is 0 Å². The van der Waals surface area contributed by atoms with Crippen molar-refractivity contribution in [2.75, 3.05) is 13.7 Å². The zero-order chi connectivity index (χ0) is 14.4. The van der Waals surface area contributed by atoms with Gasteiger partial charge in [0.05, 0.1) is 13.2 Å². The standard InChI is InChI=1S/C14H27N5O/c1-4-20-14(11-8-6-5-7-9-11)12(15-2)10-13-16-18-19(3)17-13/h11-12,14-15H,4-10H2,1-3H3. The topological polar surface area (TPSA) is 64.9 Å². The highest BCUT2D eigenvalue weighted by Crippen LogP contribution is 2.30. The van der Waals surface area contributed by atoms with Crippen LogP contribution in [-0.4, -0.2) is 46.0 Å². The molecular weight excluding hydrogens is 254 g/mol. The molecular formula is C14H27N5O. The van der Waals surface area contributed by atoms with E-state index < -0.39 is 0 Å². The number of hydrogen-bond donors (Lipinski definition) is 1. The van der Waals surface area contributed by atoms with E-state index >= 15 is 0 Å². The summed E-state index contributed by atoms with van der Waals surface area (Å²) >= 11 is 0. The minimum absolute atomic E-state index is 0.245. The summed E-state index contributed by atoms with van der Waals surface area (Å²) in [7, 11) is 3.79. The molecule has 1 aliphatic rings. The van der Waals surface area contributed by atoms with Gasteiger partial charge in [0.25, 0.3) is 0 Å². The molecule has 1 fully saturated rings. The SMILES string of the molecule is CCOC(C1CCCCC1)C(Cc1nnn(C)n1)NC. The smallest absolute Gasteiger partial charge is 0.176 e. The van der Waals surface area contributed by atoms with Crippen LogP contribution in [0, 0.1) is 5.92 Å². The maximum absolute atomic E-state index is 6.07. The summed E-state index contributed by atoms with van der Waals surface area (Å²) in [6, 6.07) is 0.252. The van der Waals surface area contributed by atoms with Crippen molar-refractivity contribution >= 4 is 0 Å². The monoisotopic (exact) mass is 281 g/mol. The number of hydrogen-bond acceptors (Lipinski definition) is 5. The number of tetrazole rings is 1. The van der Waals surface area contributed by atoms with Gasteiger partial charge in [0.2, 0.25) is 0 Å². The molecule has 2 unspecified atom stereocenters. The molecule has 6 nitrogen and oxygen atoms in total. The number of ether oxygens (including phenoxy) is 1. The molecule has 0 bridgehead atoms. The maximum atomic E-state index is 6.07. The predicted octanol–water partition coefficient (Wildman–Crippen LogP) is 1.33. The van der Waals surface area contributed by atoms with Gasteiger partial charge in [-0.05, 0) is 37.9 Å². The van der Waals surface area contributed by atoms with Crippen LogP contribution in [0.4, 0.5) is 0 Å². The molecule has 0 aliphatic heterocycles. The third kappa shape index (κ3) is 3.99. The van der Waals surface area contributed by atoms with Crippen LogP contribution in [0.5, 0.6) is 0 Å². The van der Waals surface area contributed by atoms with E-state index in [2.05, 4.69) is 27.7 Å². The molecule has 0 saturated heterocycles. The molecule has 2 rings (SSSR count). The number of aryl methyl sites for hydroxylation is 1. The van der Waals surface area contributed by atoms with Gasteiger partial charge in [-0.15, -0.1) is 10.2 Å². The summed E-state index contributed by atoms with van der Waals surface area (Å²) in [4.78, 5) is 1.51. The van der Waals surface area contributed by atoms with Crippen molar-refractivity contribution in [3.8, 4) is 0 Å². The molecule has 6 heteroatoms. The number of rotatable bonds is 7. The Morgan fingerprint density at radius 2 is 2.10 bits per heavy atom. The molecule has 0 aromatic carbocycles. The van der Waals surface area contributed by atoms with Crippen LogP contribution in [0.2, 0.25) is 0 Å². The molecule has 1 saturated carbocycles. The molecule has 1 aliphatic carbocycles. The van der Waals surface area contributed by atoms with E-state index in [-0.39, 0.29) is 12.1 Å². The second kappa shape index (κ2) is 7.69. The molecule has 2 atom stereocenters. The predicted molar refractivity (Wildman–Crippen MR) is 77.3 cm³/mol. The van der Waals surface area contributed by atoms with Gasteiger partial charge in [-0.3, -0.25) is 0 Å². The lowest BCUT2D eigenvalue weighted by Gasteiger charge is -2.35. The van der Waals surface area contributed by atoms with Crippen molar-refractivity contribution < 1.29 is 4.74 Å². The fourth-order valence-electron chi connectivity index (χ4n) is 3.22. The van der Waals surface area contributed by atoms with Gasteiger partial charge in [-0.1, -0.05) is 19.3 Å². The highest BCUT2D eigenvalue weighted by atomic mass is 16.5. The first-order chi connectivity index (χ1) is 9.74. The maximum Gasteiger partial charge on any atom is 0.176 e. The Morgan fingerprint density at radius 1 is 1.35 bits per heavy atom. The Morgan fingerprint density at radius 3 is 2.65 bits per heavy atom. The van der Waals surface area contributed by atoms with Crippen molar-refractivity contribution in [3.63, 3.8) is 0 Å². The quantitative estimate of drug-likeness (QED) is 0.816. The Bertz CT molecular complexity index is 389. The lowest BCUT2D eigenvalue weighted by atomic mass is 9.81. The van der Waals surface area contributed by atoms with Gasteiger partial charge in [-0.25, -0.2) is 0 Å². The summed E-state index contributed by atoms with van der Waals surface area (Å²) in [5.41, 5.74) is 0. The van der Waals surface area contributed by atoms with Gasteiger partial charge in [0.15, 0.2) is 5.82 Å². The Labute approximate surface area is 121 Å². The van der Waals surface area contributed by atoms with Crippen molar-refractivity contribution in [3.05, 3.63) is 5.82 Å². The molecule has 0 radical (unpaired) electrons. The molecule has 1 aromatic rings. The second-order valence-corrected chi connectivity index (χ2v) is 5.61. The molecule has 0 spiro atoms. The second-order valence-electron chi connectivity index (χ2n) is 5.61. The fraction of sp³-hybridized carbons (Fsp3) is 0.929. The zero-order valence-electron chi connectivity index (χ0n) is 12.9. The largest absolute Gasteiger partial charge is 0.377 e. The van der Waals surface area contributed by atoms with Gasteiger partial charge < -0.3 is 10.1 Å². The van der Waals surface area contributed by atoms with Crippen LogP contribution in [0.1, 0.15) is 44.9 Å². The first kappa shape index (κ1) is 15.4. The van der Waals surface area contributed by atoms with Gasteiger partial charge in [-0.2, -0.15) is 4.80 Å². The first-order valence-corrected chi connectivity index (χ1v) is 7.76. The van der Waals surface area contributed by atoms with Gasteiger partial charge >= 0.3 is 0 Å². The van der Waals surface area contributed by atoms with Crippen LogP contribution in [0.25, 0.3) is 0 Å². The van der Waals surface area contributed by atoms with Gasteiger partial charge in [0, 0.05) is 19.1 Å². The Kier molecular flexibility index (Phi) is 5.91. The van der Waals surface area contributed by atoms with Crippen LogP contribution in [-0.2, 0) is 18.2 Å². The van der Waals surface area contributed by atoms with E-state index in [1.807, 2.05) is 7.05 Å². The van der Waals surface area contributed by atoms with Crippen molar-refractivity contribution in [2.24, 2.45) is 13.0 Å². The molecule has 1 aromatic heterocycles. The number of likely N-dealkylation sites (N-methyl/N-ethyl adjacent to an activating group) is 1. The summed E-state index contributed by atoms with van der Waals surface area (Å²) in [6.07, 6.45) is 7.58. The van der Waals surface area contributed by atoms with E-state index in [0.29, 0.717) is 5.92 Å². The van der Waals surface area contributed by atoms with Crippen LogP contribution in [0.15, 0.2) is 0 Å². The normalized spacial score (nSPS) is 19.9. The minimum Gasteiger partial charge on any atom is -0.377 e. The van der Waals surface area contributed by atoms with E-state index in [0.717, 1.165) is 18.9 Å². The van der Waals surface area contributed by atoms with Crippen molar-refractivity contribution in [2.45, 2.75) is 57.6 Å². The van der Waals surface area contributed by atoms with E-state index in [1.54, 1.807) is 7.05 Å². The molecule has 20 heavy (non-hydrogen) atoms. The van der Waals surface area contributed by atoms with Gasteiger partial charge in [0.1, 0.15) is 0 Å². The highest BCUT2D eigenvalue weighted by Gasteiger charge is 2.31. The fourth-order valence-corrected chi connectivity index (χ4v) is 3.22. The summed E-state index contributed by atoms with van der Waals surface area (Å²) in [5, 5.41) is 15.7. The van der Waals surface area contributed by atoms with E-state index in [4.69, 9.17) is 4.74 Å². The summed E-state index contributed by atoms with van der Waals surface area (Å²) in [6.45, 7) is 2.83. The van der Waals surface area contributed by atoms with E-state index in [9.17, 15) is 0 Å². The summed E-state index contributed by atoms with van der Waals surface area (Å²) < 4.78 is 6.07. The molecule has 1 N–H and O–H groups in total. The Hall–Kier alpha value is -1.01.